The molecule has 5 nitrogen and oxygen atoms in total. The van der Waals surface area contributed by atoms with Crippen molar-refractivity contribution in [3.05, 3.63) is 29.1 Å². The molecule has 1 aliphatic rings. The summed E-state index contributed by atoms with van der Waals surface area (Å²) in [5.74, 6) is -0.739. The van der Waals surface area contributed by atoms with Crippen LogP contribution >= 0.6 is 0 Å². The van der Waals surface area contributed by atoms with Gasteiger partial charge in [0.2, 0.25) is 0 Å². The van der Waals surface area contributed by atoms with Crippen molar-refractivity contribution in [2.24, 2.45) is 17.2 Å². The summed E-state index contributed by atoms with van der Waals surface area (Å²) in [6, 6.07) is 2.37. The fourth-order valence-corrected chi connectivity index (χ4v) is 1.50. The monoisotopic (exact) mass is 259 g/mol. The van der Waals surface area contributed by atoms with Crippen LogP contribution in [0.25, 0.3) is 0 Å². The molecule has 0 spiro atoms. The second kappa shape index (κ2) is 10.6. The van der Waals surface area contributed by atoms with Gasteiger partial charge in [-0.3, -0.25) is 4.79 Å². The number of hydrogen-bond donors (Lipinski definition) is 4. The number of Topliss-reactive ketones (excluding diaryl/α,β-unsaturated/α-hetero) is 1. The Bertz CT molecular complexity index is 371. The molecule has 0 aliphatic heterocycles. The molecule has 1 aliphatic carbocycles. The number of carbonyl (C=O) groups excluding carboxylic acids is 1. The van der Waals surface area contributed by atoms with Gasteiger partial charge in [0.15, 0.2) is 5.78 Å². The molecule has 6 heteroatoms. The van der Waals surface area contributed by atoms with Gasteiger partial charge >= 0.3 is 0 Å². The highest BCUT2D eigenvalue weighted by molar-refractivity contribution is 6.00. The molecule has 0 saturated carbocycles. The minimum absolute atomic E-state index is 0.0835. The molecular weight excluding hydrogens is 237 g/mol. The van der Waals surface area contributed by atoms with Crippen LogP contribution in [-0.4, -0.2) is 32.0 Å². The SMILES string of the molecule is CN.CN.CN.O=C1CCc2c(F)cc(O)cc21. The van der Waals surface area contributed by atoms with E-state index < -0.39 is 5.82 Å². The van der Waals surface area contributed by atoms with Crippen molar-refractivity contribution in [2.45, 2.75) is 12.8 Å². The zero-order valence-electron chi connectivity index (χ0n) is 11.0. The van der Waals surface area contributed by atoms with Gasteiger partial charge in [0.1, 0.15) is 11.6 Å². The van der Waals surface area contributed by atoms with Crippen LogP contribution in [0.4, 0.5) is 4.39 Å². The van der Waals surface area contributed by atoms with Gasteiger partial charge in [0.05, 0.1) is 0 Å². The predicted molar refractivity (Wildman–Crippen MR) is 71.1 cm³/mol. The van der Waals surface area contributed by atoms with E-state index in [1.54, 1.807) is 0 Å². The Kier molecular flexibility index (Phi) is 11.1. The van der Waals surface area contributed by atoms with Gasteiger partial charge in [-0.2, -0.15) is 0 Å². The Hall–Kier alpha value is -1.50. The summed E-state index contributed by atoms with van der Waals surface area (Å²) in [6.07, 6.45) is 0.815. The van der Waals surface area contributed by atoms with Crippen molar-refractivity contribution in [3.63, 3.8) is 0 Å². The van der Waals surface area contributed by atoms with Crippen molar-refractivity contribution >= 4 is 5.78 Å². The van der Waals surface area contributed by atoms with E-state index in [9.17, 15) is 9.18 Å². The number of nitrogens with two attached hydrogens (primary N) is 3. The third kappa shape index (κ3) is 4.79. The first-order valence-corrected chi connectivity index (χ1v) is 5.46. The molecule has 0 bridgehead atoms. The largest absolute Gasteiger partial charge is 0.508 e. The molecule has 7 N–H and O–H groups in total. The van der Waals surface area contributed by atoms with E-state index in [1.165, 1.54) is 27.2 Å². The first-order chi connectivity index (χ1) is 8.68. The van der Waals surface area contributed by atoms with Crippen LogP contribution in [0.5, 0.6) is 5.75 Å². The quantitative estimate of drug-likeness (QED) is 0.538. The number of phenols is 1. The average Bonchev–Trinajstić information content (AvgIpc) is 2.79. The Morgan fingerprint density at radius 1 is 1.06 bits per heavy atom. The number of fused-ring (bicyclic) bond motifs is 1. The maximum Gasteiger partial charge on any atom is 0.163 e. The van der Waals surface area contributed by atoms with E-state index in [2.05, 4.69) is 17.2 Å². The fourth-order valence-electron chi connectivity index (χ4n) is 1.50. The van der Waals surface area contributed by atoms with Gasteiger partial charge in [0.25, 0.3) is 0 Å². The van der Waals surface area contributed by atoms with Crippen molar-refractivity contribution in [1.82, 2.24) is 0 Å². The molecule has 0 unspecified atom stereocenters. The van der Waals surface area contributed by atoms with E-state index in [0.29, 0.717) is 24.0 Å². The predicted octanol–water partition coefficient (Wildman–Crippen LogP) is 0.385. The number of ketones is 1. The van der Waals surface area contributed by atoms with Gasteiger partial charge in [-0.1, -0.05) is 0 Å². The van der Waals surface area contributed by atoms with Gasteiger partial charge in [-0.05, 0) is 39.2 Å². The molecule has 104 valence electrons. The fraction of sp³-hybridized carbons (Fsp3) is 0.417. The van der Waals surface area contributed by atoms with Crippen molar-refractivity contribution in [1.29, 1.82) is 0 Å². The molecular formula is C12H22FN3O2. The summed E-state index contributed by atoms with van der Waals surface area (Å²) in [5, 5.41) is 9.00. The molecule has 18 heavy (non-hydrogen) atoms. The number of benzene rings is 1. The topological polar surface area (TPSA) is 115 Å². The third-order valence-corrected chi connectivity index (χ3v) is 2.08. The molecule has 1 aromatic rings. The van der Waals surface area contributed by atoms with Crippen LogP contribution in [0.1, 0.15) is 22.3 Å². The van der Waals surface area contributed by atoms with E-state index in [0.717, 1.165) is 6.07 Å². The maximum atomic E-state index is 13.0. The zero-order chi connectivity index (χ0) is 14.7. The Morgan fingerprint density at radius 3 is 2.06 bits per heavy atom. The molecule has 0 amide bonds. The second-order valence-corrected chi connectivity index (χ2v) is 2.88. The number of carbonyl (C=O) groups is 1. The summed E-state index contributed by atoms with van der Waals surface area (Å²) >= 11 is 0. The third-order valence-electron chi connectivity index (χ3n) is 2.08. The van der Waals surface area contributed by atoms with Crippen LogP contribution in [-0.2, 0) is 6.42 Å². The second-order valence-electron chi connectivity index (χ2n) is 2.88. The summed E-state index contributed by atoms with van der Waals surface area (Å²) in [7, 11) is 4.50. The molecule has 0 fully saturated rings. The number of hydrogen-bond acceptors (Lipinski definition) is 5. The first kappa shape index (κ1) is 18.9. The molecule has 0 saturated heterocycles. The Labute approximate surface area is 107 Å². The molecule has 1 aromatic carbocycles. The van der Waals surface area contributed by atoms with Crippen LogP contribution in [0.15, 0.2) is 12.1 Å². The summed E-state index contributed by atoms with van der Waals surface area (Å²) in [6.45, 7) is 0. The highest BCUT2D eigenvalue weighted by Crippen LogP contribution is 2.28. The number of phenolic OH excluding ortho intramolecular Hbond substituents is 1. The lowest BCUT2D eigenvalue weighted by atomic mass is 10.1. The highest BCUT2D eigenvalue weighted by Gasteiger charge is 2.23. The number of rotatable bonds is 0. The van der Waals surface area contributed by atoms with Gasteiger partial charge in [-0.15, -0.1) is 0 Å². The van der Waals surface area contributed by atoms with E-state index in [1.807, 2.05) is 0 Å². The maximum absolute atomic E-state index is 13.0. The summed E-state index contributed by atoms with van der Waals surface area (Å²) in [4.78, 5) is 11.1. The van der Waals surface area contributed by atoms with Crippen LogP contribution in [0.3, 0.4) is 0 Å². The molecule has 0 radical (unpaired) electrons. The van der Waals surface area contributed by atoms with Crippen LogP contribution in [0.2, 0.25) is 0 Å². The van der Waals surface area contributed by atoms with Crippen molar-refractivity contribution in [2.75, 3.05) is 21.1 Å². The van der Waals surface area contributed by atoms with Gasteiger partial charge < -0.3 is 22.3 Å². The van der Waals surface area contributed by atoms with E-state index in [4.69, 9.17) is 5.11 Å². The highest BCUT2D eigenvalue weighted by atomic mass is 19.1. The van der Waals surface area contributed by atoms with Gasteiger partial charge in [-0.25, -0.2) is 4.39 Å². The summed E-state index contributed by atoms with van der Waals surface area (Å²) < 4.78 is 13.0. The minimum Gasteiger partial charge on any atom is -0.508 e. The number of aromatic hydroxyl groups is 1. The van der Waals surface area contributed by atoms with Crippen molar-refractivity contribution < 1.29 is 14.3 Å². The lowest BCUT2D eigenvalue weighted by Crippen LogP contribution is -1.92. The van der Waals surface area contributed by atoms with Gasteiger partial charge in [0, 0.05) is 18.1 Å². The summed E-state index contributed by atoms with van der Waals surface area (Å²) in [5.41, 5.74) is 14.3. The van der Waals surface area contributed by atoms with E-state index in [-0.39, 0.29) is 11.5 Å². The van der Waals surface area contributed by atoms with Crippen LogP contribution in [0, 0.1) is 5.82 Å². The smallest absolute Gasteiger partial charge is 0.163 e. The first-order valence-electron chi connectivity index (χ1n) is 5.46. The van der Waals surface area contributed by atoms with E-state index >= 15 is 0 Å². The lowest BCUT2D eigenvalue weighted by Gasteiger charge is -1.99. The van der Waals surface area contributed by atoms with Crippen molar-refractivity contribution in [3.8, 4) is 5.75 Å². The molecule has 2 rings (SSSR count). The molecule has 0 atom stereocenters. The Balaban J connectivity index is 0. The minimum atomic E-state index is -0.476. The molecule has 0 heterocycles. The molecule has 0 aromatic heterocycles. The lowest BCUT2D eigenvalue weighted by molar-refractivity contribution is 0.0994. The Morgan fingerprint density at radius 2 is 1.56 bits per heavy atom. The normalized spacial score (nSPS) is 10.9. The zero-order valence-corrected chi connectivity index (χ0v) is 11.0. The average molecular weight is 259 g/mol. The number of halogens is 1. The van der Waals surface area contributed by atoms with Crippen LogP contribution < -0.4 is 17.2 Å². The standard InChI is InChI=1S/C9H7FO2.3CH5N/c10-8-4-5(11)3-7-6(8)1-2-9(7)12;3*1-2/h3-4,11H,1-2H2;3*2H2,1H3.